The SMILES string of the molecule is N#CC(=O)c1ccccc1COc1ccccc1F. The van der Waals surface area contributed by atoms with Crippen LogP contribution in [0.3, 0.4) is 0 Å². The lowest BCUT2D eigenvalue weighted by Crippen LogP contribution is -2.05. The number of carbonyl (C=O) groups excluding carboxylic acids is 1. The quantitative estimate of drug-likeness (QED) is 0.623. The summed E-state index contributed by atoms with van der Waals surface area (Å²) < 4.78 is 18.7. The van der Waals surface area contributed by atoms with Gasteiger partial charge in [-0.25, -0.2) is 4.39 Å². The zero-order chi connectivity index (χ0) is 13.7. The molecule has 0 atom stereocenters. The Labute approximate surface area is 109 Å². The van der Waals surface area contributed by atoms with Gasteiger partial charge in [-0.2, -0.15) is 5.26 Å². The molecule has 0 aliphatic carbocycles. The van der Waals surface area contributed by atoms with E-state index in [9.17, 15) is 9.18 Å². The maximum absolute atomic E-state index is 13.4. The van der Waals surface area contributed by atoms with E-state index in [2.05, 4.69) is 0 Å². The molecule has 3 nitrogen and oxygen atoms in total. The number of ether oxygens (including phenoxy) is 1. The summed E-state index contributed by atoms with van der Waals surface area (Å²) in [7, 11) is 0. The lowest BCUT2D eigenvalue weighted by Gasteiger charge is -2.09. The second-order valence-corrected chi connectivity index (χ2v) is 3.82. The summed E-state index contributed by atoms with van der Waals surface area (Å²) in [5.74, 6) is -0.985. The predicted molar refractivity (Wildman–Crippen MR) is 67.1 cm³/mol. The standard InChI is InChI=1S/C15H10FNO2/c16-13-7-3-4-8-15(13)19-10-11-5-1-2-6-12(11)14(18)9-17/h1-8H,10H2. The zero-order valence-electron chi connectivity index (χ0n) is 9.97. The van der Waals surface area contributed by atoms with Crippen LogP contribution in [0.1, 0.15) is 15.9 Å². The smallest absolute Gasteiger partial charge is 0.262 e. The molecule has 0 heterocycles. The van der Waals surface area contributed by atoms with Crippen LogP contribution in [0.2, 0.25) is 0 Å². The molecule has 0 aromatic heterocycles. The summed E-state index contributed by atoms with van der Waals surface area (Å²) in [6.45, 7) is 0.0323. The van der Waals surface area contributed by atoms with Gasteiger partial charge in [-0.15, -0.1) is 0 Å². The van der Waals surface area contributed by atoms with Crippen molar-refractivity contribution < 1.29 is 13.9 Å². The molecule has 2 aromatic rings. The van der Waals surface area contributed by atoms with Gasteiger partial charge in [0.05, 0.1) is 0 Å². The number of ketones is 1. The molecule has 0 aliphatic rings. The van der Waals surface area contributed by atoms with E-state index in [1.54, 1.807) is 42.5 Å². The molecule has 2 aromatic carbocycles. The van der Waals surface area contributed by atoms with Gasteiger partial charge in [0.2, 0.25) is 0 Å². The van der Waals surface area contributed by atoms with Crippen LogP contribution in [0.4, 0.5) is 4.39 Å². The van der Waals surface area contributed by atoms with Crippen LogP contribution in [-0.4, -0.2) is 5.78 Å². The molecule has 2 rings (SSSR count). The molecule has 0 fully saturated rings. The normalized spacial score (nSPS) is 9.68. The molecule has 0 radical (unpaired) electrons. The fraction of sp³-hybridized carbons (Fsp3) is 0.0667. The molecule has 0 bridgehead atoms. The first-order valence-electron chi connectivity index (χ1n) is 5.62. The highest BCUT2D eigenvalue weighted by atomic mass is 19.1. The van der Waals surface area contributed by atoms with E-state index in [4.69, 9.17) is 10.00 Å². The number of para-hydroxylation sites is 1. The Kier molecular flexibility index (Phi) is 3.89. The van der Waals surface area contributed by atoms with Gasteiger partial charge in [-0.1, -0.05) is 30.3 Å². The number of halogens is 1. The lowest BCUT2D eigenvalue weighted by atomic mass is 10.1. The summed E-state index contributed by atoms with van der Waals surface area (Å²) >= 11 is 0. The van der Waals surface area contributed by atoms with Crippen LogP contribution < -0.4 is 4.74 Å². The first kappa shape index (κ1) is 12.8. The van der Waals surface area contributed by atoms with Crippen LogP contribution in [0.5, 0.6) is 5.75 Å². The van der Waals surface area contributed by atoms with E-state index in [0.29, 0.717) is 5.56 Å². The fourth-order valence-corrected chi connectivity index (χ4v) is 1.65. The maximum Gasteiger partial charge on any atom is 0.262 e. The van der Waals surface area contributed by atoms with Crippen LogP contribution in [0, 0.1) is 17.1 Å². The van der Waals surface area contributed by atoms with Crippen molar-refractivity contribution in [2.45, 2.75) is 6.61 Å². The Morgan fingerprint density at radius 1 is 1.16 bits per heavy atom. The Hall–Kier alpha value is -2.67. The number of carbonyl (C=O) groups is 1. The average Bonchev–Trinajstić information content (AvgIpc) is 2.46. The van der Waals surface area contributed by atoms with Crippen molar-refractivity contribution in [3.63, 3.8) is 0 Å². The Morgan fingerprint density at radius 2 is 1.84 bits per heavy atom. The van der Waals surface area contributed by atoms with Crippen molar-refractivity contribution in [2.24, 2.45) is 0 Å². The third kappa shape index (κ3) is 2.96. The largest absolute Gasteiger partial charge is 0.486 e. The minimum Gasteiger partial charge on any atom is -0.486 e. The first-order chi connectivity index (χ1) is 9.22. The number of nitrogens with zero attached hydrogens (tertiary/aromatic N) is 1. The van der Waals surface area contributed by atoms with E-state index < -0.39 is 11.6 Å². The summed E-state index contributed by atoms with van der Waals surface area (Å²) in [4.78, 5) is 11.4. The molecule has 0 saturated heterocycles. The van der Waals surface area contributed by atoms with Gasteiger partial charge in [0.1, 0.15) is 12.7 Å². The fourth-order valence-electron chi connectivity index (χ4n) is 1.65. The maximum atomic E-state index is 13.4. The van der Waals surface area contributed by atoms with E-state index in [1.807, 2.05) is 0 Å². The number of benzene rings is 2. The van der Waals surface area contributed by atoms with Gasteiger partial charge in [-0.3, -0.25) is 4.79 Å². The summed E-state index contributed by atoms with van der Waals surface area (Å²) in [5.41, 5.74) is 0.832. The summed E-state index contributed by atoms with van der Waals surface area (Å²) in [6, 6.07) is 14.2. The molecule has 0 spiro atoms. The van der Waals surface area contributed by atoms with E-state index >= 15 is 0 Å². The van der Waals surface area contributed by atoms with Crippen molar-refractivity contribution in [3.05, 3.63) is 65.5 Å². The molecule has 19 heavy (non-hydrogen) atoms. The number of nitriles is 1. The molecular weight excluding hydrogens is 245 g/mol. The van der Waals surface area contributed by atoms with Gasteiger partial charge in [0.25, 0.3) is 5.78 Å². The van der Waals surface area contributed by atoms with Gasteiger partial charge in [0, 0.05) is 11.1 Å². The third-order valence-corrected chi connectivity index (χ3v) is 2.58. The second-order valence-electron chi connectivity index (χ2n) is 3.82. The van der Waals surface area contributed by atoms with Gasteiger partial charge < -0.3 is 4.74 Å². The molecule has 94 valence electrons. The van der Waals surface area contributed by atoms with Crippen molar-refractivity contribution in [1.29, 1.82) is 5.26 Å². The molecule has 0 saturated carbocycles. The first-order valence-corrected chi connectivity index (χ1v) is 5.62. The minimum absolute atomic E-state index is 0.0323. The Bertz CT molecular complexity index is 647. The van der Waals surface area contributed by atoms with Gasteiger partial charge >= 0.3 is 0 Å². The molecule has 4 heteroatoms. The van der Waals surface area contributed by atoms with Crippen molar-refractivity contribution >= 4 is 5.78 Å². The van der Waals surface area contributed by atoms with Crippen LogP contribution in [0.15, 0.2) is 48.5 Å². The molecule has 0 unspecified atom stereocenters. The van der Waals surface area contributed by atoms with Crippen molar-refractivity contribution in [2.75, 3.05) is 0 Å². The van der Waals surface area contributed by atoms with Crippen LogP contribution in [0.25, 0.3) is 0 Å². The van der Waals surface area contributed by atoms with Gasteiger partial charge in [-0.05, 0) is 18.2 Å². The van der Waals surface area contributed by atoms with Crippen molar-refractivity contribution in [1.82, 2.24) is 0 Å². The highest BCUT2D eigenvalue weighted by Gasteiger charge is 2.11. The molecule has 0 N–H and O–H groups in total. The van der Waals surface area contributed by atoms with Gasteiger partial charge in [0.15, 0.2) is 11.6 Å². The number of hydrogen-bond acceptors (Lipinski definition) is 3. The lowest BCUT2D eigenvalue weighted by molar-refractivity contribution is 0.105. The van der Waals surface area contributed by atoms with E-state index in [0.717, 1.165) is 0 Å². The minimum atomic E-state index is -0.632. The zero-order valence-corrected chi connectivity index (χ0v) is 9.97. The third-order valence-electron chi connectivity index (χ3n) is 2.58. The summed E-state index contributed by atoms with van der Waals surface area (Å²) in [5, 5.41) is 8.64. The summed E-state index contributed by atoms with van der Waals surface area (Å²) in [6.07, 6.45) is 0. The molecular formula is C15H10FNO2. The van der Waals surface area contributed by atoms with E-state index in [-0.39, 0.29) is 17.9 Å². The van der Waals surface area contributed by atoms with E-state index in [1.165, 1.54) is 12.1 Å². The highest BCUT2D eigenvalue weighted by molar-refractivity contribution is 6.08. The topological polar surface area (TPSA) is 50.1 Å². The number of rotatable bonds is 4. The van der Waals surface area contributed by atoms with Crippen LogP contribution in [-0.2, 0) is 6.61 Å². The van der Waals surface area contributed by atoms with Crippen molar-refractivity contribution in [3.8, 4) is 11.8 Å². The Balaban J connectivity index is 2.19. The number of hydrogen-bond donors (Lipinski definition) is 0. The molecule has 0 aliphatic heterocycles. The highest BCUT2D eigenvalue weighted by Crippen LogP contribution is 2.18. The molecule has 0 amide bonds. The second kappa shape index (κ2) is 5.78. The predicted octanol–water partition coefficient (Wildman–Crippen LogP) is 3.11. The van der Waals surface area contributed by atoms with Crippen LogP contribution >= 0.6 is 0 Å². The monoisotopic (exact) mass is 255 g/mol. The number of Topliss-reactive ketones (excluding diaryl/α,β-unsaturated/α-hetero) is 1. The average molecular weight is 255 g/mol. The Morgan fingerprint density at radius 3 is 2.58 bits per heavy atom.